The Kier molecular flexibility index (Phi) is 4.22. The fourth-order valence-electron chi connectivity index (χ4n) is 2.35. The lowest BCUT2D eigenvalue weighted by molar-refractivity contribution is -0.0533. The molecule has 1 saturated carbocycles. The van der Waals surface area contributed by atoms with E-state index >= 15 is 0 Å². The molecule has 0 amide bonds. The van der Waals surface area contributed by atoms with Crippen molar-refractivity contribution >= 4 is 0 Å². The zero-order valence-corrected chi connectivity index (χ0v) is 10.9. The average Bonchev–Trinajstić information content (AvgIpc) is 3.04. The van der Waals surface area contributed by atoms with Gasteiger partial charge in [-0.1, -0.05) is 6.92 Å². The van der Waals surface area contributed by atoms with E-state index in [9.17, 15) is 0 Å². The van der Waals surface area contributed by atoms with Gasteiger partial charge in [-0.2, -0.15) is 0 Å². The van der Waals surface area contributed by atoms with Crippen LogP contribution >= 0.6 is 0 Å². The summed E-state index contributed by atoms with van der Waals surface area (Å²) in [7, 11) is 0. The molecule has 0 bridgehead atoms. The maximum Gasteiger partial charge on any atom is 0.0674 e. The van der Waals surface area contributed by atoms with Gasteiger partial charge in [0.15, 0.2) is 0 Å². The van der Waals surface area contributed by atoms with E-state index in [4.69, 9.17) is 4.74 Å². The van der Waals surface area contributed by atoms with E-state index in [1.54, 1.807) is 0 Å². The smallest absolute Gasteiger partial charge is 0.0674 e. The number of nitrogens with one attached hydrogen (secondary N) is 1. The second-order valence-corrected chi connectivity index (χ2v) is 5.73. The van der Waals surface area contributed by atoms with Crippen molar-refractivity contribution in [3.63, 3.8) is 0 Å². The van der Waals surface area contributed by atoms with Crippen LogP contribution in [0.2, 0.25) is 0 Å². The van der Waals surface area contributed by atoms with Gasteiger partial charge in [-0.3, -0.25) is 4.90 Å². The van der Waals surface area contributed by atoms with Crippen molar-refractivity contribution in [3.05, 3.63) is 0 Å². The van der Waals surface area contributed by atoms with Gasteiger partial charge in [0.2, 0.25) is 0 Å². The van der Waals surface area contributed by atoms with Crippen molar-refractivity contribution in [2.75, 3.05) is 26.2 Å². The van der Waals surface area contributed by atoms with Crippen LogP contribution in [0.15, 0.2) is 0 Å². The van der Waals surface area contributed by atoms with Crippen molar-refractivity contribution < 1.29 is 4.74 Å². The second-order valence-electron chi connectivity index (χ2n) is 5.73. The predicted octanol–water partition coefficient (Wildman–Crippen LogP) is 1.48. The van der Waals surface area contributed by atoms with E-state index in [2.05, 4.69) is 31.0 Å². The van der Waals surface area contributed by atoms with Gasteiger partial charge in [0.1, 0.15) is 0 Å². The number of nitrogens with zero attached hydrogens (tertiary/aromatic N) is 1. The largest absolute Gasteiger partial charge is 0.376 e. The average molecular weight is 226 g/mol. The van der Waals surface area contributed by atoms with E-state index in [1.807, 2.05) is 0 Å². The second kappa shape index (κ2) is 5.48. The number of rotatable bonds is 5. The molecule has 1 saturated heterocycles. The van der Waals surface area contributed by atoms with Gasteiger partial charge < -0.3 is 10.1 Å². The van der Waals surface area contributed by atoms with Gasteiger partial charge >= 0.3 is 0 Å². The summed E-state index contributed by atoms with van der Waals surface area (Å²) in [4.78, 5) is 2.58. The molecule has 1 heterocycles. The fourth-order valence-corrected chi connectivity index (χ4v) is 2.35. The zero-order valence-electron chi connectivity index (χ0n) is 10.9. The van der Waals surface area contributed by atoms with Crippen LogP contribution in [-0.4, -0.2) is 49.3 Å². The van der Waals surface area contributed by atoms with Crippen LogP contribution in [0.3, 0.4) is 0 Å². The highest BCUT2D eigenvalue weighted by Gasteiger charge is 2.25. The molecule has 0 radical (unpaired) electrons. The third kappa shape index (κ3) is 3.72. The molecule has 2 fully saturated rings. The molecule has 0 aromatic carbocycles. The first kappa shape index (κ1) is 12.3. The fraction of sp³-hybridized carbons (Fsp3) is 1.00. The molecule has 0 spiro atoms. The van der Waals surface area contributed by atoms with Crippen LogP contribution in [-0.2, 0) is 4.74 Å². The third-order valence-electron chi connectivity index (χ3n) is 3.62. The van der Waals surface area contributed by atoms with E-state index in [0.29, 0.717) is 12.1 Å². The van der Waals surface area contributed by atoms with Gasteiger partial charge in [0.05, 0.1) is 12.7 Å². The molecule has 1 aliphatic carbocycles. The number of hydrogen-bond acceptors (Lipinski definition) is 3. The van der Waals surface area contributed by atoms with E-state index in [-0.39, 0.29) is 0 Å². The topological polar surface area (TPSA) is 24.5 Å². The van der Waals surface area contributed by atoms with E-state index in [0.717, 1.165) is 25.1 Å². The highest BCUT2D eigenvalue weighted by molar-refractivity contribution is 4.83. The maximum absolute atomic E-state index is 5.65. The van der Waals surface area contributed by atoms with Crippen LogP contribution in [0.1, 0.15) is 33.6 Å². The summed E-state index contributed by atoms with van der Waals surface area (Å²) in [6.07, 6.45) is 3.18. The molecule has 0 aromatic rings. The molecular formula is C13H26N2O. The summed E-state index contributed by atoms with van der Waals surface area (Å²) < 4.78 is 5.65. The zero-order chi connectivity index (χ0) is 11.5. The highest BCUT2D eigenvalue weighted by atomic mass is 16.5. The first-order valence-electron chi connectivity index (χ1n) is 6.74. The minimum Gasteiger partial charge on any atom is -0.376 e. The van der Waals surface area contributed by atoms with Gasteiger partial charge in [0, 0.05) is 25.2 Å². The molecular weight excluding hydrogens is 200 g/mol. The molecule has 1 N–H and O–H groups in total. The summed E-state index contributed by atoms with van der Waals surface area (Å²) in [6.45, 7) is 11.2. The van der Waals surface area contributed by atoms with Gasteiger partial charge in [-0.25, -0.2) is 0 Å². The molecule has 2 rings (SSSR count). The van der Waals surface area contributed by atoms with Crippen molar-refractivity contribution in [1.82, 2.24) is 10.2 Å². The molecule has 16 heavy (non-hydrogen) atoms. The number of morpholine rings is 1. The molecule has 3 nitrogen and oxygen atoms in total. The Labute approximate surface area is 99.5 Å². The van der Waals surface area contributed by atoms with Crippen LogP contribution in [0.4, 0.5) is 0 Å². The van der Waals surface area contributed by atoms with Crippen LogP contribution in [0.25, 0.3) is 0 Å². The third-order valence-corrected chi connectivity index (χ3v) is 3.62. The van der Waals surface area contributed by atoms with Gasteiger partial charge in [-0.05, 0) is 39.2 Å². The van der Waals surface area contributed by atoms with E-state index < -0.39 is 0 Å². The Hall–Kier alpha value is -0.120. The first-order chi connectivity index (χ1) is 7.65. The molecule has 2 aliphatic rings. The van der Waals surface area contributed by atoms with Gasteiger partial charge in [-0.15, -0.1) is 0 Å². The molecule has 94 valence electrons. The Morgan fingerprint density at radius 3 is 2.81 bits per heavy atom. The SMILES string of the molecule is CC(CNC1CC1)CN1CC(C)OCC1C. The summed E-state index contributed by atoms with van der Waals surface area (Å²) in [5.41, 5.74) is 0. The molecule has 0 aromatic heterocycles. The van der Waals surface area contributed by atoms with Crippen molar-refractivity contribution in [2.24, 2.45) is 5.92 Å². The van der Waals surface area contributed by atoms with Crippen LogP contribution in [0, 0.1) is 5.92 Å². The van der Waals surface area contributed by atoms with Gasteiger partial charge in [0.25, 0.3) is 0 Å². The summed E-state index contributed by atoms with van der Waals surface area (Å²) in [5, 5.41) is 3.61. The normalized spacial score (nSPS) is 33.9. The van der Waals surface area contributed by atoms with E-state index in [1.165, 1.54) is 25.9 Å². The monoisotopic (exact) mass is 226 g/mol. The van der Waals surface area contributed by atoms with Crippen molar-refractivity contribution in [1.29, 1.82) is 0 Å². The van der Waals surface area contributed by atoms with Crippen molar-refractivity contribution in [3.8, 4) is 0 Å². The number of hydrogen-bond donors (Lipinski definition) is 1. The standard InChI is InChI=1S/C13H26N2O/c1-10(6-14-13-4-5-13)7-15-8-12(3)16-9-11(15)2/h10-14H,4-9H2,1-3H3. The lowest BCUT2D eigenvalue weighted by atomic mass is 10.1. The maximum atomic E-state index is 5.65. The molecule has 3 heteroatoms. The van der Waals surface area contributed by atoms with Crippen LogP contribution < -0.4 is 5.32 Å². The Morgan fingerprint density at radius 2 is 2.12 bits per heavy atom. The minimum absolute atomic E-state index is 0.403. The Morgan fingerprint density at radius 1 is 1.38 bits per heavy atom. The first-order valence-corrected chi connectivity index (χ1v) is 6.74. The summed E-state index contributed by atoms with van der Waals surface area (Å²) >= 11 is 0. The van der Waals surface area contributed by atoms with Crippen molar-refractivity contribution in [2.45, 2.75) is 51.8 Å². The lowest BCUT2D eigenvalue weighted by Gasteiger charge is -2.38. The van der Waals surface area contributed by atoms with Crippen LogP contribution in [0.5, 0.6) is 0 Å². The summed E-state index contributed by atoms with van der Waals surface area (Å²) in [5.74, 6) is 0.744. The minimum atomic E-state index is 0.403. The quantitative estimate of drug-likeness (QED) is 0.768. The lowest BCUT2D eigenvalue weighted by Crippen LogP contribution is -2.49. The Balaban J connectivity index is 1.68. The Bertz CT molecular complexity index is 218. The summed E-state index contributed by atoms with van der Waals surface area (Å²) in [6, 6.07) is 1.42. The number of ether oxygens (including phenoxy) is 1. The highest BCUT2D eigenvalue weighted by Crippen LogP contribution is 2.19. The predicted molar refractivity (Wildman–Crippen MR) is 66.6 cm³/mol. The molecule has 3 atom stereocenters. The molecule has 1 aliphatic heterocycles. The molecule has 3 unspecified atom stereocenters.